The Morgan fingerprint density at radius 1 is 1.18 bits per heavy atom. The summed E-state index contributed by atoms with van der Waals surface area (Å²) in [5.74, 6) is -0.645. The molecule has 2 aliphatic rings. The van der Waals surface area contributed by atoms with Gasteiger partial charge in [0.2, 0.25) is 5.60 Å². The van der Waals surface area contributed by atoms with Crippen molar-refractivity contribution < 1.29 is 41.7 Å². The van der Waals surface area contributed by atoms with E-state index in [1.807, 2.05) is 0 Å². The van der Waals surface area contributed by atoms with Crippen molar-refractivity contribution in [1.82, 2.24) is 10.3 Å². The summed E-state index contributed by atoms with van der Waals surface area (Å²) < 4.78 is 73.6. The van der Waals surface area contributed by atoms with Crippen LogP contribution in [0.1, 0.15) is 41.4 Å². The summed E-state index contributed by atoms with van der Waals surface area (Å²) in [6.45, 7) is 0.259. The average molecular weight is 562 g/mol. The Kier molecular flexibility index (Phi) is 6.87. The fourth-order valence-corrected chi connectivity index (χ4v) is 4.34. The molecule has 2 aromatic carbocycles. The first-order valence-electron chi connectivity index (χ1n) is 12.5. The van der Waals surface area contributed by atoms with Crippen LogP contribution in [0.15, 0.2) is 48.5 Å². The zero-order chi connectivity index (χ0) is 28.9. The summed E-state index contributed by atoms with van der Waals surface area (Å²) >= 11 is 0. The Balaban J connectivity index is 1.49. The van der Waals surface area contributed by atoms with Gasteiger partial charge in [0.25, 0.3) is 5.91 Å². The first kappa shape index (κ1) is 27.7. The SMILES string of the molecule is COc1cc(C(=O)NCC(O)(c2cc3c(c(-c4ccc(F)cc4)n2)OC[C@@]3(C)N)C(F)(F)F)ccc1OC1CC1. The lowest BCUT2D eigenvalue weighted by atomic mass is 9.89. The van der Waals surface area contributed by atoms with Gasteiger partial charge in [0.05, 0.1) is 31.0 Å². The zero-order valence-electron chi connectivity index (χ0n) is 21.6. The van der Waals surface area contributed by atoms with E-state index in [9.17, 15) is 27.5 Å². The van der Waals surface area contributed by atoms with Gasteiger partial charge in [0.15, 0.2) is 17.2 Å². The lowest BCUT2D eigenvalue weighted by Gasteiger charge is -2.31. The van der Waals surface area contributed by atoms with Crippen molar-refractivity contribution in [2.75, 3.05) is 20.3 Å². The molecule has 4 N–H and O–H groups in total. The van der Waals surface area contributed by atoms with Crippen LogP contribution in [0.25, 0.3) is 11.3 Å². The lowest BCUT2D eigenvalue weighted by Crippen LogP contribution is -2.51. The van der Waals surface area contributed by atoms with Gasteiger partial charge in [-0.1, -0.05) is 0 Å². The van der Waals surface area contributed by atoms with Crippen LogP contribution < -0.4 is 25.3 Å². The minimum absolute atomic E-state index is 0.00127. The standard InChI is InChI=1S/C28H27F4N3O5/c1-26(33)14-39-24-19(26)12-22(35-23(24)15-3-6-17(29)7-4-15)27(37,28(30,31)32)13-34-25(36)16-5-10-20(21(11-16)38-2)40-18-8-9-18/h3-7,10-12,18,37H,8-9,13-14,33H2,1-2H3,(H,34,36)/t26-,27?/m1/s1. The van der Waals surface area contributed by atoms with Crippen molar-refractivity contribution in [1.29, 1.82) is 0 Å². The van der Waals surface area contributed by atoms with Crippen LogP contribution in [0, 0.1) is 5.82 Å². The number of benzene rings is 2. The molecule has 1 amide bonds. The van der Waals surface area contributed by atoms with Crippen molar-refractivity contribution in [3.8, 4) is 28.5 Å². The van der Waals surface area contributed by atoms with E-state index < -0.39 is 41.3 Å². The second kappa shape index (κ2) is 9.93. The monoisotopic (exact) mass is 561 g/mol. The molecule has 1 unspecified atom stereocenters. The van der Waals surface area contributed by atoms with Crippen LogP contribution in [0.4, 0.5) is 17.6 Å². The van der Waals surface area contributed by atoms with Gasteiger partial charge in [-0.25, -0.2) is 9.37 Å². The van der Waals surface area contributed by atoms with E-state index >= 15 is 0 Å². The number of nitrogens with one attached hydrogen (secondary N) is 1. The van der Waals surface area contributed by atoms with Crippen molar-refractivity contribution in [2.24, 2.45) is 5.73 Å². The lowest BCUT2D eigenvalue weighted by molar-refractivity contribution is -0.265. The van der Waals surface area contributed by atoms with Crippen molar-refractivity contribution in [3.05, 3.63) is 71.2 Å². The molecule has 1 fully saturated rings. The number of pyridine rings is 1. The predicted octanol–water partition coefficient (Wildman–Crippen LogP) is 4.18. The van der Waals surface area contributed by atoms with Gasteiger partial charge >= 0.3 is 6.18 Å². The molecular formula is C28H27F4N3O5. The van der Waals surface area contributed by atoms with Crippen molar-refractivity contribution in [3.63, 3.8) is 0 Å². The smallest absolute Gasteiger partial charge is 0.424 e. The molecule has 5 rings (SSSR count). The van der Waals surface area contributed by atoms with Gasteiger partial charge in [0, 0.05) is 16.7 Å². The number of carbonyl (C=O) groups is 1. The van der Waals surface area contributed by atoms with Gasteiger partial charge < -0.3 is 30.4 Å². The molecule has 8 nitrogen and oxygen atoms in total. The number of nitrogens with zero attached hydrogens (tertiary/aromatic N) is 1. The molecule has 12 heteroatoms. The molecule has 1 aromatic heterocycles. The van der Waals surface area contributed by atoms with Crippen LogP contribution in [0.5, 0.6) is 17.2 Å². The Bertz CT molecular complexity index is 1440. The summed E-state index contributed by atoms with van der Waals surface area (Å²) in [5.41, 5.74) is 1.07. The fourth-order valence-electron chi connectivity index (χ4n) is 4.34. The maximum Gasteiger partial charge on any atom is 0.424 e. The molecular weight excluding hydrogens is 534 g/mol. The van der Waals surface area contributed by atoms with E-state index in [1.54, 1.807) is 6.92 Å². The highest BCUT2D eigenvalue weighted by molar-refractivity contribution is 5.95. The summed E-state index contributed by atoms with van der Waals surface area (Å²) in [5, 5.41) is 13.3. The number of fused-ring (bicyclic) bond motifs is 1. The highest BCUT2D eigenvalue weighted by Gasteiger charge is 2.57. The third kappa shape index (κ3) is 5.16. The third-order valence-corrected chi connectivity index (χ3v) is 6.86. The quantitative estimate of drug-likeness (QED) is 0.354. The number of methoxy groups -OCH3 is 1. The minimum Gasteiger partial charge on any atom is -0.493 e. The Labute approximate surface area is 227 Å². The molecule has 1 aliphatic heterocycles. The molecule has 1 aliphatic carbocycles. The van der Waals surface area contributed by atoms with E-state index in [0.29, 0.717) is 5.75 Å². The van der Waals surface area contributed by atoms with E-state index in [1.165, 1.54) is 37.4 Å². The topological polar surface area (TPSA) is 116 Å². The summed E-state index contributed by atoms with van der Waals surface area (Å²) in [7, 11) is 1.38. The second-order valence-corrected chi connectivity index (χ2v) is 10.2. The van der Waals surface area contributed by atoms with Crippen LogP contribution in [0.2, 0.25) is 0 Å². The highest BCUT2D eigenvalue weighted by atomic mass is 19.4. The Morgan fingerprint density at radius 3 is 2.50 bits per heavy atom. The molecule has 40 heavy (non-hydrogen) atoms. The predicted molar refractivity (Wildman–Crippen MR) is 136 cm³/mol. The molecule has 0 bridgehead atoms. The first-order valence-corrected chi connectivity index (χ1v) is 12.5. The Morgan fingerprint density at radius 2 is 1.88 bits per heavy atom. The first-order chi connectivity index (χ1) is 18.8. The van der Waals surface area contributed by atoms with Gasteiger partial charge in [-0.05, 0) is 68.3 Å². The number of alkyl halides is 3. The van der Waals surface area contributed by atoms with Gasteiger partial charge in [-0.2, -0.15) is 13.2 Å². The zero-order valence-corrected chi connectivity index (χ0v) is 21.6. The summed E-state index contributed by atoms with van der Waals surface area (Å²) in [6.07, 6.45) is -3.39. The summed E-state index contributed by atoms with van der Waals surface area (Å²) in [4.78, 5) is 17.0. The normalized spacial score (nSPS) is 19.8. The van der Waals surface area contributed by atoms with E-state index in [-0.39, 0.29) is 46.6 Å². The van der Waals surface area contributed by atoms with E-state index in [4.69, 9.17) is 19.9 Å². The number of halogens is 4. The molecule has 3 aromatic rings. The second-order valence-electron chi connectivity index (χ2n) is 10.2. The highest BCUT2D eigenvalue weighted by Crippen LogP contribution is 2.46. The number of nitrogens with two attached hydrogens (primary N) is 1. The molecule has 0 spiro atoms. The van der Waals surface area contributed by atoms with Crippen LogP contribution >= 0.6 is 0 Å². The molecule has 212 valence electrons. The third-order valence-electron chi connectivity index (χ3n) is 6.86. The maximum atomic E-state index is 14.5. The van der Waals surface area contributed by atoms with Crippen LogP contribution in [-0.2, 0) is 11.1 Å². The molecule has 1 saturated carbocycles. The number of aliphatic hydroxyl groups is 1. The molecule has 0 saturated heterocycles. The van der Waals surface area contributed by atoms with Gasteiger partial charge in [-0.3, -0.25) is 4.79 Å². The van der Waals surface area contributed by atoms with Crippen molar-refractivity contribution in [2.45, 2.75) is 43.2 Å². The van der Waals surface area contributed by atoms with Crippen LogP contribution in [0.3, 0.4) is 0 Å². The van der Waals surface area contributed by atoms with Crippen LogP contribution in [-0.4, -0.2) is 48.5 Å². The van der Waals surface area contributed by atoms with Gasteiger partial charge in [-0.15, -0.1) is 0 Å². The van der Waals surface area contributed by atoms with Crippen molar-refractivity contribution >= 4 is 5.91 Å². The fraction of sp³-hybridized carbons (Fsp3) is 0.357. The molecule has 0 radical (unpaired) electrons. The largest absolute Gasteiger partial charge is 0.493 e. The number of hydrogen-bond donors (Lipinski definition) is 3. The number of aromatic nitrogens is 1. The maximum absolute atomic E-state index is 14.5. The minimum atomic E-state index is -5.26. The summed E-state index contributed by atoms with van der Waals surface area (Å²) in [6, 6.07) is 10.2. The van der Waals surface area contributed by atoms with E-state index in [0.717, 1.165) is 31.0 Å². The number of amides is 1. The number of ether oxygens (including phenoxy) is 3. The van der Waals surface area contributed by atoms with Gasteiger partial charge in [0.1, 0.15) is 18.1 Å². The number of rotatable bonds is 8. The Hall–Kier alpha value is -3.90. The molecule has 2 atom stereocenters. The average Bonchev–Trinajstić information content (AvgIpc) is 3.68. The van der Waals surface area contributed by atoms with E-state index in [2.05, 4.69) is 10.3 Å². The number of hydrogen-bond acceptors (Lipinski definition) is 7. The number of carbonyl (C=O) groups excluding carboxylic acids is 1. The molecule has 2 heterocycles.